The maximum Gasteiger partial charge on any atom is -0.00261 e. The van der Waals surface area contributed by atoms with Crippen LogP contribution in [-0.2, 0) is 0 Å². The molecule has 0 radical (unpaired) electrons. The first-order valence-electron chi connectivity index (χ1n) is 5.23. The van der Waals surface area contributed by atoms with Crippen LogP contribution < -0.4 is 0 Å². The van der Waals surface area contributed by atoms with Gasteiger partial charge in [0, 0.05) is 0 Å². The molecular weight excluding hydrogens is 164 g/mol. The molecule has 1 rings (SSSR count). The van der Waals surface area contributed by atoms with Gasteiger partial charge in [-0.15, -0.1) is 11.8 Å². The number of unbranched alkanes of at least 4 members (excludes halogenated alkanes) is 1. The van der Waals surface area contributed by atoms with Crippen LogP contribution >= 0.6 is 11.8 Å². The summed E-state index contributed by atoms with van der Waals surface area (Å²) >= 11 is 2.02. The van der Waals surface area contributed by atoms with Gasteiger partial charge in [0.25, 0.3) is 0 Å². The van der Waals surface area contributed by atoms with E-state index >= 15 is 0 Å². The number of hydrogen-bond donors (Lipinski definition) is 0. The van der Waals surface area contributed by atoms with Gasteiger partial charge in [0.1, 0.15) is 0 Å². The summed E-state index contributed by atoms with van der Waals surface area (Å²) in [5.74, 6) is 1.32. The van der Waals surface area contributed by atoms with Crippen LogP contribution in [0.5, 0.6) is 0 Å². The Morgan fingerprint density at radius 2 is 2.00 bits per heavy atom. The fourth-order valence-corrected chi connectivity index (χ4v) is 2.57. The second kappa shape index (κ2) is 6.59. The van der Waals surface area contributed by atoms with Crippen molar-refractivity contribution >= 4 is 11.8 Å². The smallest absolute Gasteiger partial charge is 0.00261 e. The van der Waals surface area contributed by atoms with Gasteiger partial charge in [0.15, 0.2) is 0 Å². The lowest BCUT2D eigenvalue weighted by Gasteiger charge is -2.12. The highest BCUT2D eigenvalue weighted by Gasteiger charge is 2.03. The molecule has 1 saturated carbocycles. The van der Waals surface area contributed by atoms with Gasteiger partial charge in [-0.05, 0) is 43.3 Å². The number of hydrogen-bond acceptors (Lipinski definition) is 1. The lowest BCUT2D eigenvalue weighted by molar-refractivity contribution is 0.600. The highest BCUT2D eigenvalue weighted by molar-refractivity contribution is 8.02. The Hall–Kier alpha value is 0.0900. The first-order valence-corrected chi connectivity index (χ1v) is 6.28. The molecule has 0 nitrogen and oxygen atoms in total. The summed E-state index contributed by atoms with van der Waals surface area (Å²) in [7, 11) is 0. The van der Waals surface area contributed by atoms with E-state index in [2.05, 4.69) is 12.3 Å². The van der Waals surface area contributed by atoms with Gasteiger partial charge in [-0.3, -0.25) is 0 Å². The van der Waals surface area contributed by atoms with Crippen molar-refractivity contribution in [1.82, 2.24) is 0 Å². The highest BCUT2D eigenvalue weighted by Crippen LogP contribution is 2.25. The second-order valence-corrected chi connectivity index (χ2v) is 4.54. The summed E-state index contributed by atoms with van der Waals surface area (Å²) in [5, 5.41) is 2.43. The first kappa shape index (κ1) is 10.2. The molecule has 0 heterocycles. The summed E-state index contributed by atoms with van der Waals surface area (Å²) in [6.07, 6.45) is 9.76. The molecule has 12 heavy (non-hydrogen) atoms. The van der Waals surface area contributed by atoms with Crippen molar-refractivity contribution in [3.63, 3.8) is 0 Å². The quantitative estimate of drug-likeness (QED) is 0.585. The van der Waals surface area contributed by atoms with E-state index in [9.17, 15) is 0 Å². The van der Waals surface area contributed by atoms with E-state index in [1.165, 1.54) is 50.7 Å². The first-order chi connectivity index (χ1) is 5.93. The lowest BCUT2D eigenvalue weighted by atomic mass is 9.96. The van der Waals surface area contributed by atoms with Crippen LogP contribution in [0.2, 0.25) is 0 Å². The van der Waals surface area contributed by atoms with E-state index in [-0.39, 0.29) is 0 Å². The van der Waals surface area contributed by atoms with E-state index < -0.39 is 0 Å². The molecule has 0 N–H and O–H groups in total. The van der Waals surface area contributed by atoms with Crippen molar-refractivity contribution in [2.75, 3.05) is 5.75 Å². The third kappa shape index (κ3) is 4.20. The number of allylic oxidation sites excluding steroid dienone is 1. The molecule has 0 aromatic rings. The van der Waals surface area contributed by atoms with E-state index in [1.807, 2.05) is 11.8 Å². The van der Waals surface area contributed by atoms with Crippen LogP contribution in [0.25, 0.3) is 0 Å². The van der Waals surface area contributed by atoms with Crippen molar-refractivity contribution in [1.29, 1.82) is 0 Å². The topological polar surface area (TPSA) is 0 Å². The van der Waals surface area contributed by atoms with Crippen molar-refractivity contribution in [2.24, 2.45) is 0 Å². The summed E-state index contributed by atoms with van der Waals surface area (Å²) in [4.78, 5) is 0. The molecule has 0 bridgehead atoms. The zero-order valence-corrected chi connectivity index (χ0v) is 8.96. The Bertz CT molecular complexity index is 130. The van der Waals surface area contributed by atoms with Gasteiger partial charge in [-0.25, -0.2) is 0 Å². The molecule has 1 aliphatic carbocycles. The van der Waals surface area contributed by atoms with Crippen LogP contribution in [0.4, 0.5) is 0 Å². The molecule has 0 spiro atoms. The minimum Gasteiger partial charge on any atom is -0.134 e. The molecular formula is C11H20S. The van der Waals surface area contributed by atoms with Crippen LogP contribution in [0.1, 0.15) is 51.9 Å². The monoisotopic (exact) mass is 184 g/mol. The largest absolute Gasteiger partial charge is 0.134 e. The molecule has 70 valence electrons. The normalized spacial score (nSPS) is 17.9. The predicted octanol–water partition coefficient (Wildman–Crippen LogP) is 4.37. The molecule has 0 saturated heterocycles. The van der Waals surface area contributed by atoms with Crippen molar-refractivity contribution in [3.05, 3.63) is 11.0 Å². The maximum absolute atomic E-state index is 2.43. The zero-order chi connectivity index (χ0) is 8.65. The minimum atomic E-state index is 1.32. The summed E-state index contributed by atoms with van der Waals surface area (Å²) in [6, 6.07) is 0. The van der Waals surface area contributed by atoms with Gasteiger partial charge in [-0.1, -0.05) is 25.3 Å². The molecule has 0 amide bonds. The fourth-order valence-electron chi connectivity index (χ4n) is 1.53. The molecule has 1 heteroatoms. The Balaban J connectivity index is 2.08. The summed E-state index contributed by atoms with van der Waals surface area (Å²) in [6.45, 7) is 2.26. The maximum atomic E-state index is 2.43. The predicted molar refractivity (Wildman–Crippen MR) is 58.5 cm³/mol. The lowest BCUT2D eigenvalue weighted by Crippen LogP contribution is -1.92. The van der Waals surface area contributed by atoms with Crippen LogP contribution in [0.15, 0.2) is 11.0 Å². The van der Waals surface area contributed by atoms with E-state index in [1.54, 1.807) is 5.57 Å². The van der Waals surface area contributed by atoms with Gasteiger partial charge in [0.05, 0.1) is 0 Å². The highest BCUT2D eigenvalue weighted by atomic mass is 32.2. The van der Waals surface area contributed by atoms with Gasteiger partial charge in [-0.2, -0.15) is 0 Å². The Labute approximate surface area is 80.8 Å². The second-order valence-electron chi connectivity index (χ2n) is 3.56. The summed E-state index contributed by atoms with van der Waals surface area (Å²) in [5.41, 5.74) is 1.71. The molecule has 1 aliphatic rings. The van der Waals surface area contributed by atoms with Crippen LogP contribution in [-0.4, -0.2) is 5.75 Å². The zero-order valence-electron chi connectivity index (χ0n) is 8.14. The SMILES string of the molecule is CCCCSC=C1CCCCC1. The Morgan fingerprint density at radius 1 is 1.25 bits per heavy atom. The fraction of sp³-hybridized carbons (Fsp3) is 0.818. The van der Waals surface area contributed by atoms with Gasteiger partial charge in [0.2, 0.25) is 0 Å². The minimum absolute atomic E-state index is 1.32. The molecule has 0 aromatic carbocycles. The molecule has 1 fully saturated rings. The Morgan fingerprint density at radius 3 is 2.67 bits per heavy atom. The van der Waals surface area contributed by atoms with E-state index in [0.717, 1.165) is 0 Å². The van der Waals surface area contributed by atoms with E-state index in [4.69, 9.17) is 0 Å². The van der Waals surface area contributed by atoms with Crippen molar-refractivity contribution < 1.29 is 0 Å². The summed E-state index contributed by atoms with van der Waals surface area (Å²) < 4.78 is 0. The third-order valence-corrected chi connectivity index (χ3v) is 3.39. The number of rotatable bonds is 4. The van der Waals surface area contributed by atoms with E-state index in [0.29, 0.717) is 0 Å². The van der Waals surface area contributed by atoms with Crippen molar-refractivity contribution in [3.8, 4) is 0 Å². The van der Waals surface area contributed by atoms with Gasteiger partial charge < -0.3 is 0 Å². The Kier molecular flexibility index (Phi) is 5.59. The average molecular weight is 184 g/mol. The molecule has 0 unspecified atom stereocenters. The average Bonchev–Trinajstić information content (AvgIpc) is 2.14. The van der Waals surface area contributed by atoms with Crippen LogP contribution in [0.3, 0.4) is 0 Å². The van der Waals surface area contributed by atoms with Crippen LogP contribution in [0, 0.1) is 0 Å². The number of thioether (sulfide) groups is 1. The van der Waals surface area contributed by atoms with Gasteiger partial charge >= 0.3 is 0 Å². The molecule has 0 atom stereocenters. The third-order valence-electron chi connectivity index (χ3n) is 2.36. The standard InChI is InChI=1S/C11H20S/c1-2-3-9-12-10-11-7-5-4-6-8-11/h10H,2-9H2,1H3. The van der Waals surface area contributed by atoms with Crippen molar-refractivity contribution in [2.45, 2.75) is 51.9 Å². The molecule has 0 aliphatic heterocycles. The molecule has 0 aromatic heterocycles.